The Bertz CT molecular complexity index is 1220. The molecule has 0 unspecified atom stereocenters. The molecular formula is C19H20F3N5O5S. The summed E-state index contributed by atoms with van der Waals surface area (Å²) in [6.45, 7) is 3.53. The Hall–Kier alpha value is -3.39. The highest BCUT2D eigenvalue weighted by molar-refractivity contribution is 7.89. The molecule has 0 aliphatic heterocycles. The van der Waals surface area contributed by atoms with Gasteiger partial charge < -0.3 is 14.9 Å². The summed E-state index contributed by atoms with van der Waals surface area (Å²) in [5.41, 5.74) is 0.813. The molecule has 10 nitrogen and oxygen atoms in total. The average molecular weight is 487 g/mol. The van der Waals surface area contributed by atoms with Gasteiger partial charge in [-0.3, -0.25) is 4.79 Å². The smallest absolute Gasteiger partial charge is 0.406 e. The number of rotatable bonds is 9. The number of benzene rings is 2. The molecule has 1 amide bonds. The van der Waals surface area contributed by atoms with Gasteiger partial charge in [0.05, 0.1) is 4.90 Å². The van der Waals surface area contributed by atoms with Crippen LogP contribution in [-0.2, 0) is 14.8 Å². The van der Waals surface area contributed by atoms with Crippen LogP contribution in [0.3, 0.4) is 0 Å². The number of amides is 1. The lowest BCUT2D eigenvalue weighted by Gasteiger charge is -2.18. The van der Waals surface area contributed by atoms with Crippen LogP contribution in [-0.4, -0.2) is 59.8 Å². The lowest BCUT2D eigenvalue weighted by Crippen LogP contribution is -2.30. The van der Waals surface area contributed by atoms with Crippen molar-refractivity contribution < 1.29 is 36.0 Å². The molecule has 178 valence electrons. The Morgan fingerprint density at radius 1 is 1.12 bits per heavy atom. The zero-order valence-electron chi connectivity index (χ0n) is 17.5. The second-order valence-corrected chi connectivity index (χ2v) is 8.53. The maximum Gasteiger partial charge on any atom is 0.573 e. The fourth-order valence-electron chi connectivity index (χ4n) is 2.90. The van der Waals surface area contributed by atoms with E-state index in [9.17, 15) is 26.4 Å². The minimum absolute atomic E-state index is 0.0245. The Balaban J connectivity index is 1.68. The van der Waals surface area contributed by atoms with Crippen molar-refractivity contribution in [3.8, 4) is 5.75 Å². The Morgan fingerprint density at radius 2 is 1.79 bits per heavy atom. The molecule has 1 N–H and O–H groups in total. The number of halogens is 3. The van der Waals surface area contributed by atoms with Crippen molar-refractivity contribution >= 4 is 32.7 Å². The van der Waals surface area contributed by atoms with Gasteiger partial charge in [0.2, 0.25) is 10.0 Å². The molecular weight excluding hydrogens is 467 g/mol. The predicted molar refractivity (Wildman–Crippen MR) is 111 cm³/mol. The van der Waals surface area contributed by atoms with E-state index in [1.165, 1.54) is 34.6 Å². The maximum absolute atomic E-state index is 12.7. The summed E-state index contributed by atoms with van der Waals surface area (Å²) in [4.78, 5) is 18.4. The first-order valence-corrected chi connectivity index (χ1v) is 11.1. The van der Waals surface area contributed by atoms with Crippen LogP contribution >= 0.6 is 0 Å². The van der Waals surface area contributed by atoms with E-state index in [1.807, 2.05) is 0 Å². The van der Waals surface area contributed by atoms with Crippen LogP contribution in [0.25, 0.3) is 11.0 Å². The van der Waals surface area contributed by atoms with E-state index in [1.54, 1.807) is 13.8 Å². The van der Waals surface area contributed by atoms with Crippen LogP contribution in [0.1, 0.15) is 13.8 Å². The lowest BCUT2D eigenvalue weighted by molar-refractivity contribution is -0.274. The van der Waals surface area contributed by atoms with Crippen molar-refractivity contribution in [3.63, 3.8) is 0 Å². The first kappa shape index (κ1) is 24.3. The molecule has 0 atom stereocenters. The molecule has 2 aromatic carbocycles. The zero-order valence-corrected chi connectivity index (χ0v) is 18.4. The normalized spacial score (nSPS) is 12.2. The van der Waals surface area contributed by atoms with E-state index in [2.05, 4.69) is 20.4 Å². The third-order valence-electron chi connectivity index (χ3n) is 4.42. The number of nitrogens with zero attached hydrogens (tertiary/aromatic N) is 4. The van der Waals surface area contributed by atoms with Gasteiger partial charge in [-0.15, -0.1) is 18.3 Å². The number of carbonyl (C=O) groups is 1. The molecule has 1 heterocycles. The predicted octanol–water partition coefficient (Wildman–Crippen LogP) is 2.43. The second kappa shape index (κ2) is 9.62. The van der Waals surface area contributed by atoms with E-state index in [0.717, 1.165) is 17.0 Å². The Morgan fingerprint density at radius 3 is 2.39 bits per heavy atom. The van der Waals surface area contributed by atoms with Crippen molar-refractivity contribution in [1.29, 1.82) is 0 Å². The average Bonchev–Trinajstić information content (AvgIpc) is 3.15. The number of ether oxygens (including phenoxy) is 1. The van der Waals surface area contributed by atoms with Crippen LogP contribution in [0.2, 0.25) is 0 Å². The molecule has 0 saturated heterocycles. The molecule has 33 heavy (non-hydrogen) atoms. The van der Waals surface area contributed by atoms with E-state index < -0.39 is 34.6 Å². The molecule has 0 radical (unpaired) electrons. The number of hydrogen-bond acceptors (Lipinski definition) is 7. The van der Waals surface area contributed by atoms with Gasteiger partial charge in [-0.1, -0.05) is 18.7 Å². The highest BCUT2D eigenvalue weighted by Gasteiger charge is 2.31. The summed E-state index contributed by atoms with van der Waals surface area (Å²) in [6, 6.07) is 8.79. The fourth-order valence-corrected chi connectivity index (χ4v) is 4.38. The molecule has 0 aliphatic carbocycles. The summed E-state index contributed by atoms with van der Waals surface area (Å²) in [6.07, 6.45) is -4.82. The monoisotopic (exact) mass is 487 g/mol. The molecule has 0 spiro atoms. The van der Waals surface area contributed by atoms with Crippen LogP contribution in [0.4, 0.5) is 18.9 Å². The first-order chi connectivity index (χ1) is 15.5. The summed E-state index contributed by atoms with van der Waals surface area (Å²) >= 11 is 0. The van der Waals surface area contributed by atoms with Gasteiger partial charge in [-0.2, -0.15) is 4.31 Å². The van der Waals surface area contributed by atoms with E-state index >= 15 is 0 Å². The van der Waals surface area contributed by atoms with Crippen molar-refractivity contribution in [1.82, 2.24) is 19.5 Å². The highest BCUT2D eigenvalue weighted by atomic mass is 32.2. The second-order valence-electron chi connectivity index (χ2n) is 6.60. The van der Waals surface area contributed by atoms with Crippen LogP contribution in [0.5, 0.6) is 5.75 Å². The molecule has 3 rings (SSSR count). The van der Waals surface area contributed by atoms with Crippen LogP contribution in [0, 0.1) is 0 Å². The largest absolute Gasteiger partial charge is 0.573 e. The number of aromatic nitrogens is 3. The standard InChI is InChI=1S/C19H20F3N5O5S/c1-3-26(4-2)33(29,30)15-9-10-16-17(11-15)27(25-24-16)31-12-18(28)23-13-5-7-14(8-6-13)32-19(20,21)22/h5-11H,3-4,12H2,1-2H3,(H,23,28). The minimum Gasteiger partial charge on any atom is -0.406 e. The fraction of sp³-hybridized carbons (Fsp3) is 0.316. The third-order valence-corrected chi connectivity index (χ3v) is 6.47. The zero-order chi connectivity index (χ0) is 24.2. The summed E-state index contributed by atoms with van der Waals surface area (Å²) in [7, 11) is -3.73. The molecule has 0 aliphatic rings. The van der Waals surface area contributed by atoms with E-state index in [-0.39, 0.29) is 16.1 Å². The van der Waals surface area contributed by atoms with Crippen LogP contribution in [0.15, 0.2) is 47.4 Å². The lowest BCUT2D eigenvalue weighted by atomic mass is 10.3. The van der Waals surface area contributed by atoms with Gasteiger partial charge in [0, 0.05) is 18.8 Å². The molecule has 0 fully saturated rings. The van der Waals surface area contributed by atoms with Crippen molar-refractivity contribution in [2.75, 3.05) is 25.0 Å². The van der Waals surface area contributed by atoms with Gasteiger partial charge in [0.25, 0.3) is 5.91 Å². The molecule has 1 aromatic heterocycles. The number of carbonyl (C=O) groups excluding carboxylic acids is 1. The van der Waals surface area contributed by atoms with Crippen molar-refractivity contribution in [2.45, 2.75) is 25.1 Å². The third kappa shape index (κ3) is 5.90. The van der Waals surface area contributed by atoms with Gasteiger partial charge in [-0.05, 0) is 47.7 Å². The number of alkyl halides is 3. The minimum atomic E-state index is -4.82. The number of anilines is 1. The number of nitrogens with one attached hydrogen (secondary N) is 1. The summed E-state index contributed by atoms with van der Waals surface area (Å²) in [5.74, 6) is -1.06. The number of fused-ring (bicyclic) bond motifs is 1. The summed E-state index contributed by atoms with van der Waals surface area (Å²) < 4.78 is 67.2. The van der Waals surface area contributed by atoms with Gasteiger partial charge >= 0.3 is 6.36 Å². The molecule has 0 bridgehead atoms. The Kier molecular flexibility index (Phi) is 7.07. The number of hydrogen-bond donors (Lipinski definition) is 1. The topological polar surface area (TPSA) is 116 Å². The van der Waals surface area contributed by atoms with Crippen molar-refractivity contribution in [3.05, 3.63) is 42.5 Å². The van der Waals surface area contributed by atoms with Gasteiger partial charge in [0.1, 0.15) is 16.8 Å². The van der Waals surface area contributed by atoms with E-state index in [0.29, 0.717) is 18.6 Å². The first-order valence-electron chi connectivity index (χ1n) is 9.68. The van der Waals surface area contributed by atoms with Crippen LogP contribution < -0.4 is 14.9 Å². The molecule has 14 heteroatoms. The quantitative estimate of drug-likeness (QED) is 0.493. The van der Waals surface area contributed by atoms with Gasteiger partial charge in [0.15, 0.2) is 6.61 Å². The Labute approximate surface area is 186 Å². The molecule has 0 saturated carbocycles. The molecule has 3 aromatic rings. The highest BCUT2D eigenvalue weighted by Crippen LogP contribution is 2.24. The van der Waals surface area contributed by atoms with Gasteiger partial charge in [-0.25, -0.2) is 8.42 Å². The SMILES string of the molecule is CCN(CC)S(=O)(=O)c1ccc2nnn(OCC(=O)Nc3ccc(OC(F)(F)F)cc3)c2c1. The summed E-state index contributed by atoms with van der Waals surface area (Å²) in [5, 5.41) is 10.1. The number of sulfonamides is 1. The van der Waals surface area contributed by atoms with Crippen molar-refractivity contribution in [2.24, 2.45) is 0 Å². The maximum atomic E-state index is 12.7. The van der Waals surface area contributed by atoms with E-state index in [4.69, 9.17) is 4.84 Å².